The van der Waals surface area contributed by atoms with E-state index < -0.39 is 11.7 Å². The molecule has 7 nitrogen and oxygen atoms in total. The van der Waals surface area contributed by atoms with Crippen LogP contribution in [0.3, 0.4) is 0 Å². The van der Waals surface area contributed by atoms with Crippen molar-refractivity contribution in [3.05, 3.63) is 59.9 Å². The standard InChI is InChI=1S/C23H25FN4O3S/c1-4-15(2)28(22(30)18-10-5-6-11-19(18)24)13-12-20(29)25-23-27-26-21(32-23)16-8-7-9-17(14-16)31-3/h5-11,14-15H,4,12-13H2,1-3H3,(H,25,27,29)/t15-/m0/s1. The summed E-state index contributed by atoms with van der Waals surface area (Å²) in [6.45, 7) is 3.98. The third kappa shape index (κ3) is 5.67. The van der Waals surface area contributed by atoms with Gasteiger partial charge in [0.15, 0.2) is 0 Å². The van der Waals surface area contributed by atoms with Gasteiger partial charge in [-0.25, -0.2) is 4.39 Å². The van der Waals surface area contributed by atoms with E-state index in [1.54, 1.807) is 13.2 Å². The van der Waals surface area contributed by atoms with E-state index in [1.807, 2.05) is 38.1 Å². The van der Waals surface area contributed by atoms with Crippen LogP contribution in [0.1, 0.15) is 37.0 Å². The molecule has 1 atom stereocenters. The zero-order chi connectivity index (χ0) is 23.1. The smallest absolute Gasteiger partial charge is 0.257 e. The van der Waals surface area contributed by atoms with Gasteiger partial charge in [0.25, 0.3) is 5.91 Å². The lowest BCUT2D eigenvalue weighted by atomic mass is 10.1. The first-order valence-electron chi connectivity index (χ1n) is 10.3. The summed E-state index contributed by atoms with van der Waals surface area (Å²) in [4.78, 5) is 26.9. The molecule has 3 aromatic rings. The monoisotopic (exact) mass is 456 g/mol. The Balaban J connectivity index is 1.64. The molecule has 0 aliphatic rings. The first kappa shape index (κ1) is 23.3. The fourth-order valence-corrected chi connectivity index (χ4v) is 3.84. The van der Waals surface area contributed by atoms with E-state index in [0.29, 0.717) is 22.3 Å². The molecule has 2 amide bonds. The van der Waals surface area contributed by atoms with Crippen LogP contribution < -0.4 is 10.1 Å². The van der Waals surface area contributed by atoms with Crippen molar-refractivity contribution in [3.8, 4) is 16.3 Å². The molecule has 0 saturated heterocycles. The quantitative estimate of drug-likeness (QED) is 0.508. The molecular formula is C23H25FN4O3S. The molecule has 0 saturated carbocycles. The van der Waals surface area contributed by atoms with Gasteiger partial charge in [0.05, 0.1) is 12.7 Å². The Morgan fingerprint density at radius 3 is 2.69 bits per heavy atom. The highest BCUT2D eigenvalue weighted by Gasteiger charge is 2.23. The van der Waals surface area contributed by atoms with Gasteiger partial charge in [0.2, 0.25) is 11.0 Å². The van der Waals surface area contributed by atoms with Crippen LogP contribution in [0.25, 0.3) is 10.6 Å². The number of carbonyl (C=O) groups is 2. The van der Waals surface area contributed by atoms with E-state index in [-0.39, 0.29) is 30.5 Å². The molecule has 1 N–H and O–H groups in total. The van der Waals surface area contributed by atoms with E-state index in [9.17, 15) is 14.0 Å². The number of hydrogen-bond acceptors (Lipinski definition) is 6. The molecule has 0 unspecified atom stereocenters. The van der Waals surface area contributed by atoms with Crippen LogP contribution in [0.5, 0.6) is 5.75 Å². The van der Waals surface area contributed by atoms with E-state index >= 15 is 0 Å². The number of halogens is 1. The number of methoxy groups -OCH3 is 1. The second-order valence-corrected chi connectivity index (χ2v) is 8.16. The zero-order valence-corrected chi connectivity index (χ0v) is 19.0. The van der Waals surface area contributed by atoms with Crippen molar-refractivity contribution >= 4 is 28.3 Å². The Bertz CT molecular complexity index is 1090. The predicted octanol–water partition coefficient (Wildman–Crippen LogP) is 4.62. The number of carbonyl (C=O) groups excluding carboxylic acids is 2. The van der Waals surface area contributed by atoms with Crippen LogP contribution in [0.2, 0.25) is 0 Å². The fraction of sp³-hybridized carbons (Fsp3) is 0.304. The zero-order valence-electron chi connectivity index (χ0n) is 18.2. The summed E-state index contributed by atoms with van der Waals surface area (Å²) in [7, 11) is 1.59. The second kappa shape index (κ2) is 10.8. The van der Waals surface area contributed by atoms with Gasteiger partial charge in [-0.1, -0.05) is 42.5 Å². The minimum absolute atomic E-state index is 0.000243. The van der Waals surface area contributed by atoms with Crippen LogP contribution in [0, 0.1) is 5.82 Å². The highest BCUT2D eigenvalue weighted by molar-refractivity contribution is 7.18. The number of ether oxygens (including phenoxy) is 1. The molecule has 0 spiro atoms. The molecule has 0 aliphatic heterocycles. The SMILES string of the molecule is CC[C@H](C)N(CCC(=O)Nc1nnc(-c2cccc(OC)c2)s1)C(=O)c1ccccc1F. The normalized spacial score (nSPS) is 11.6. The second-order valence-electron chi connectivity index (χ2n) is 7.18. The van der Waals surface area contributed by atoms with Gasteiger partial charge >= 0.3 is 0 Å². The molecule has 0 bridgehead atoms. The van der Waals surface area contributed by atoms with Gasteiger partial charge < -0.3 is 15.0 Å². The first-order valence-corrected chi connectivity index (χ1v) is 11.1. The molecule has 32 heavy (non-hydrogen) atoms. The molecule has 0 aliphatic carbocycles. The molecule has 168 valence electrons. The largest absolute Gasteiger partial charge is 0.497 e. The fourth-order valence-electron chi connectivity index (χ4n) is 3.08. The summed E-state index contributed by atoms with van der Waals surface area (Å²) >= 11 is 1.24. The lowest BCUT2D eigenvalue weighted by molar-refractivity contribution is -0.116. The summed E-state index contributed by atoms with van der Waals surface area (Å²) in [5.74, 6) is -0.600. The third-order valence-corrected chi connectivity index (χ3v) is 5.94. The van der Waals surface area contributed by atoms with Crippen molar-refractivity contribution in [2.24, 2.45) is 0 Å². The average molecular weight is 457 g/mol. The third-order valence-electron chi connectivity index (χ3n) is 5.06. The van der Waals surface area contributed by atoms with E-state index in [4.69, 9.17) is 4.74 Å². The van der Waals surface area contributed by atoms with Crippen LogP contribution >= 0.6 is 11.3 Å². The van der Waals surface area contributed by atoms with Crippen LogP contribution in [0.15, 0.2) is 48.5 Å². The maximum Gasteiger partial charge on any atom is 0.257 e. The van der Waals surface area contributed by atoms with Crippen molar-refractivity contribution in [1.29, 1.82) is 0 Å². The Kier molecular flexibility index (Phi) is 7.88. The summed E-state index contributed by atoms with van der Waals surface area (Å²) < 4.78 is 19.3. The van der Waals surface area contributed by atoms with Gasteiger partial charge in [0, 0.05) is 24.6 Å². The summed E-state index contributed by atoms with van der Waals surface area (Å²) in [6, 6.07) is 13.1. The number of amides is 2. The van der Waals surface area contributed by atoms with Crippen molar-refractivity contribution < 1.29 is 18.7 Å². The molecule has 0 fully saturated rings. The molecule has 1 heterocycles. The molecule has 2 aromatic carbocycles. The number of nitrogens with one attached hydrogen (secondary N) is 1. The highest BCUT2D eigenvalue weighted by atomic mass is 32.1. The number of anilines is 1. The van der Waals surface area contributed by atoms with Crippen LogP contribution in [-0.4, -0.2) is 46.6 Å². The molecule has 3 rings (SSSR count). The predicted molar refractivity (Wildman–Crippen MR) is 122 cm³/mol. The van der Waals surface area contributed by atoms with Crippen molar-refractivity contribution in [1.82, 2.24) is 15.1 Å². The lowest BCUT2D eigenvalue weighted by Crippen LogP contribution is -2.40. The maximum absolute atomic E-state index is 14.1. The van der Waals surface area contributed by atoms with Gasteiger partial charge in [-0.2, -0.15) is 0 Å². The summed E-state index contributed by atoms with van der Waals surface area (Å²) in [5, 5.41) is 11.9. The lowest BCUT2D eigenvalue weighted by Gasteiger charge is -2.28. The Labute approximate surface area is 190 Å². The highest BCUT2D eigenvalue weighted by Crippen LogP contribution is 2.28. The van der Waals surface area contributed by atoms with Crippen molar-refractivity contribution in [3.63, 3.8) is 0 Å². The van der Waals surface area contributed by atoms with Gasteiger partial charge in [-0.05, 0) is 37.6 Å². The number of nitrogens with zero attached hydrogens (tertiary/aromatic N) is 3. The van der Waals surface area contributed by atoms with Gasteiger partial charge in [-0.15, -0.1) is 10.2 Å². The molecular weight excluding hydrogens is 431 g/mol. The van der Waals surface area contributed by atoms with E-state index in [2.05, 4.69) is 15.5 Å². The van der Waals surface area contributed by atoms with Gasteiger partial charge in [0.1, 0.15) is 16.6 Å². The van der Waals surface area contributed by atoms with Crippen LogP contribution in [-0.2, 0) is 4.79 Å². The molecule has 9 heteroatoms. The maximum atomic E-state index is 14.1. The molecule has 0 radical (unpaired) electrons. The number of benzene rings is 2. The van der Waals surface area contributed by atoms with Crippen LogP contribution in [0.4, 0.5) is 9.52 Å². The van der Waals surface area contributed by atoms with E-state index in [0.717, 1.165) is 5.56 Å². The van der Waals surface area contributed by atoms with Crippen molar-refractivity contribution in [2.45, 2.75) is 32.7 Å². The molecule has 1 aromatic heterocycles. The van der Waals surface area contributed by atoms with Gasteiger partial charge in [-0.3, -0.25) is 9.59 Å². The summed E-state index contributed by atoms with van der Waals surface area (Å²) in [6.07, 6.45) is 0.737. The van der Waals surface area contributed by atoms with Crippen molar-refractivity contribution in [2.75, 3.05) is 19.0 Å². The average Bonchev–Trinajstić information content (AvgIpc) is 3.27. The summed E-state index contributed by atoms with van der Waals surface area (Å²) in [5.41, 5.74) is 0.834. The Morgan fingerprint density at radius 2 is 1.97 bits per heavy atom. The minimum atomic E-state index is -0.575. The number of aromatic nitrogens is 2. The topological polar surface area (TPSA) is 84.4 Å². The first-order chi connectivity index (χ1) is 15.4. The number of hydrogen-bond donors (Lipinski definition) is 1. The number of rotatable bonds is 9. The Morgan fingerprint density at radius 1 is 1.19 bits per heavy atom. The Hall–Kier alpha value is -3.33. The van der Waals surface area contributed by atoms with E-state index in [1.165, 1.54) is 34.4 Å². The minimum Gasteiger partial charge on any atom is -0.497 e.